The number of likely N-dealkylation sites (tertiary alicyclic amines) is 1. The van der Waals surface area contributed by atoms with Crippen molar-refractivity contribution in [3.05, 3.63) is 29.8 Å². The summed E-state index contributed by atoms with van der Waals surface area (Å²) in [4.78, 5) is 19.0. The second-order valence-corrected chi connectivity index (χ2v) is 7.03. The molecule has 1 fully saturated rings. The van der Waals surface area contributed by atoms with Gasteiger partial charge in [-0.3, -0.25) is 4.79 Å². The van der Waals surface area contributed by atoms with Crippen molar-refractivity contribution in [3.8, 4) is 5.75 Å². The molecular weight excluding hydrogens is 497 g/mol. The van der Waals surface area contributed by atoms with E-state index in [2.05, 4.69) is 23.2 Å². The number of benzene rings is 1. The number of nitrogens with zero attached hydrogens (tertiary/aromatic N) is 2. The highest BCUT2D eigenvalue weighted by molar-refractivity contribution is 14.0. The molecule has 1 aromatic carbocycles. The molecule has 1 N–H and O–H groups in total. The highest BCUT2D eigenvalue weighted by Crippen LogP contribution is 2.19. The number of nitrogens with one attached hydrogen (secondary N) is 1. The smallest absolute Gasteiger partial charge is 0.309 e. The molecule has 0 atom stereocenters. The van der Waals surface area contributed by atoms with Gasteiger partial charge in [-0.05, 0) is 44.4 Å². The van der Waals surface area contributed by atoms with E-state index in [0.717, 1.165) is 56.2 Å². The maximum atomic E-state index is 11.9. The third-order valence-electron chi connectivity index (χ3n) is 4.82. The van der Waals surface area contributed by atoms with Gasteiger partial charge in [-0.15, -0.1) is 24.0 Å². The Morgan fingerprint density at radius 3 is 2.67 bits per heavy atom. The lowest BCUT2D eigenvalue weighted by Crippen LogP contribution is -2.46. The van der Waals surface area contributed by atoms with E-state index in [1.165, 1.54) is 0 Å². The molecule has 30 heavy (non-hydrogen) atoms. The zero-order valence-electron chi connectivity index (χ0n) is 18.4. The zero-order chi connectivity index (χ0) is 20.9. The molecule has 2 rings (SSSR count). The molecule has 8 heteroatoms. The molecule has 1 aliphatic rings. The molecule has 0 aromatic heterocycles. The fourth-order valence-electron chi connectivity index (χ4n) is 3.31. The minimum absolute atomic E-state index is 0. The van der Waals surface area contributed by atoms with Crippen LogP contribution in [0.2, 0.25) is 0 Å². The Kier molecular flexibility index (Phi) is 13.5. The van der Waals surface area contributed by atoms with Crippen molar-refractivity contribution in [2.75, 3.05) is 46.6 Å². The van der Waals surface area contributed by atoms with E-state index in [-0.39, 0.29) is 35.9 Å². The number of methoxy groups -OCH3 is 1. The highest BCUT2D eigenvalue weighted by atomic mass is 127. The van der Waals surface area contributed by atoms with Gasteiger partial charge in [0.2, 0.25) is 0 Å². The average molecular weight is 533 g/mol. The first-order chi connectivity index (χ1) is 14.2. The first-order valence-corrected chi connectivity index (χ1v) is 10.6. The largest absolute Gasteiger partial charge is 0.493 e. The van der Waals surface area contributed by atoms with Gasteiger partial charge in [0.25, 0.3) is 0 Å². The zero-order valence-corrected chi connectivity index (χ0v) is 20.7. The van der Waals surface area contributed by atoms with E-state index >= 15 is 0 Å². The molecule has 1 saturated heterocycles. The van der Waals surface area contributed by atoms with Gasteiger partial charge in [0, 0.05) is 39.8 Å². The predicted octanol–water partition coefficient (Wildman–Crippen LogP) is 3.46. The molecule has 1 heterocycles. The monoisotopic (exact) mass is 533 g/mol. The molecule has 0 aliphatic carbocycles. The van der Waals surface area contributed by atoms with E-state index in [9.17, 15) is 4.79 Å². The summed E-state index contributed by atoms with van der Waals surface area (Å²) in [5.41, 5.74) is 1.10. The molecule has 0 bridgehead atoms. The standard InChI is InChI=1S/C22H35N3O4.HI/c1-4-23-22(25-12-10-19(11-13-25)21(26)28-5-2)24-17-18-8-6-9-20(16-18)29-15-7-14-27-3;/h6,8-9,16,19H,4-5,7,10-15,17H2,1-3H3,(H,23,24);1H. The van der Waals surface area contributed by atoms with Crippen molar-refractivity contribution in [1.29, 1.82) is 0 Å². The number of carbonyl (C=O) groups is 1. The van der Waals surface area contributed by atoms with Gasteiger partial charge in [-0.25, -0.2) is 4.99 Å². The fraction of sp³-hybridized carbons (Fsp3) is 0.636. The van der Waals surface area contributed by atoms with Crippen LogP contribution in [0.15, 0.2) is 29.3 Å². The highest BCUT2D eigenvalue weighted by Gasteiger charge is 2.27. The van der Waals surface area contributed by atoms with Crippen LogP contribution in [-0.4, -0.2) is 63.4 Å². The number of carbonyl (C=O) groups excluding carboxylic acids is 1. The number of hydrogen-bond donors (Lipinski definition) is 1. The van der Waals surface area contributed by atoms with Crippen molar-refractivity contribution in [1.82, 2.24) is 10.2 Å². The Morgan fingerprint density at radius 1 is 1.23 bits per heavy atom. The minimum Gasteiger partial charge on any atom is -0.493 e. The first kappa shape index (κ1) is 26.5. The van der Waals surface area contributed by atoms with Crippen LogP contribution in [-0.2, 0) is 20.8 Å². The van der Waals surface area contributed by atoms with Gasteiger partial charge >= 0.3 is 5.97 Å². The topological polar surface area (TPSA) is 72.4 Å². The lowest BCUT2D eigenvalue weighted by molar-refractivity contribution is -0.149. The SMILES string of the molecule is CCNC(=NCc1cccc(OCCCOC)c1)N1CCC(C(=O)OCC)CC1.I. The van der Waals surface area contributed by atoms with E-state index < -0.39 is 0 Å². The minimum atomic E-state index is -0.0728. The lowest BCUT2D eigenvalue weighted by atomic mass is 9.97. The van der Waals surface area contributed by atoms with Crippen molar-refractivity contribution in [2.45, 2.75) is 39.7 Å². The number of piperidine rings is 1. The number of guanidine groups is 1. The van der Waals surface area contributed by atoms with Crippen LogP contribution < -0.4 is 10.1 Å². The van der Waals surface area contributed by atoms with Gasteiger partial charge in [-0.2, -0.15) is 0 Å². The summed E-state index contributed by atoms with van der Waals surface area (Å²) >= 11 is 0. The summed E-state index contributed by atoms with van der Waals surface area (Å²) in [6.45, 7) is 8.68. The quantitative estimate of drug-likeness (QED) is 0.163. The molecule has 7 nitrogen and oxygen atoms in total. The number of hydrogen-bond acceptors (Lipinski definition) is 5. The number of ether oxygens (including phenoxy) is 3. The second-order valence-electron chi connectivity index (χ2n) is 7.03. The van der Waals surface area contributed by atoms with Crippen molar-refractivity contribution >= 4 is 35.9 Å². The molecule has 0 radical (unpaired) electrons. The van der Waals surface area contributed by atoms with Crippen LogP contribution in [0.1, 0.15) is 38.7 Å². The third-order valence-corrected chi connectivity index (χ3v) is 4.82. The Balaban J connectivity index is 0.00000450. The second kappa shape index (κ2) is 15.3. The number of esters is 1. The molecule has 0 amide bonds. The van der Waals surface area contributed by atoms with Gasteiger partial charge in [-0.1, -0.05) is 12.1 Å². The Morgan fingerprint density at radius 2 is 2.00 bits per heavy atom. The average Bonchev–Trinajstić information content (AvgIpc) is 2.75. The summed E-state index contributed by atoms with van der Waals surface area (Å²) in [6, 6.07) is 8.05. The van der Waals surface area contributed by atoms with E-state index in [1.54, 1.807) is 7.11 Å². The van der Waals surface area contributed by atoms with E-state index in [4.69, 9.17) is 19.2 Å². The van der Waals surface area contributed by atoms with Crippen molar-refractivity contribution in [3.63, 3.8) is 0 Å². The first-order valence-electron chi connectivity index (χ1n) is 10.6. The van der Waals surface area contributed by atoms with Gasteiger partial charge in [0.1, 0.15) is 5.75 Å². The van der Waals surface area contributed by atoms with Crippen LogP contribution in [0.5, 0.6) is 5.75 Å². The van der Waals surface area contributed by atoms with Crippen LogP contribution in [0.3, 0.4) is 0 Å². The summed E-state index contributed by atoms with van der Waals surface area (Å²) in [7, 11) is 1.69. The van der Waals surface area contributed by atoms with Gasteiger partial charge in [0.15, 0.2) is 5.96 Å². The fourth-order valence-corrected chi connectivity index (χ4v) is 3.31. The molecule has 0 spiro atoms. The lowest BCUT2D eigenvalue weighted by Gasteiger charge is -2.33. The number of halogens is 1. The van der Waals surface area contributed by atoms with Gasteiger partial charge < -0.3 is 24.4 Å². The molecule has 170 valence electrons. The Bertz CT molecular complexity index is 649. The summed E-state index contributed by atoms with van der Waals surface area (Å²) in [5, 5.41) is 3.37. The summed E-state index contributed by atoms with van der Waals surface area (Å²) in [6.07, 6.45) is 2.47. The predicted molar refractivity (Wildman–Crippen MR) is 130 cm³/mol. The Hall–Kier alpha value is -1.55. The van der Waals surface area contributed by atoms with Crippen LogP contribution in [0.25, 0.3) is 0 Å². The molecule has 1 aliphatic heterocycles. The van der Waals surface area contributed by atoms with Crippen LogP contribution in [0.4, 0.5) is 0 Å². The number of aliphatic imine (C=N–C) groups is 1. The number of rotatable bonds is 10. The maximum absolute atomic E-state index is 11.9. The normalized spacial score (nSPS) is 14.8. The Labute approximate surface area is 197 Å². The maximum Gasteiger partial charge on any atom is 0.309 e. The van der Waals surface area contributed by atoms with E-state index in [1.807, 2.05) is 25.1 Å². The van der Waals surface area contributed by atoms with Crippen molar-refractivity contribution in [2.24, 2.45) is 10.9 Å². The third kappa shape index (κ3) is 9.07. The summed E-state index contributed by atoms with van der Waals surface area (Å²) in [5.74, 6) is 1.67. The summed E-state index contributed by atoms with van der Waals surface area (Å²) < 4.78 is 16.0. The molecule has 0 unspecified atom stereocenters. The van der Waals surface area contributed by atoms with Crippen LogP contribution in [0, 0.1) is 5.92 Å². The molecule has 1 aromatic rings. The van der Waals surface area contributed by atoms with Crippen molar-refractivity contribution < 1.29 is 19.0 Å². The van der Waals surface area contributed by atoms with Crippen LogP contribution >= 0.6 is 24.0 Å². The van der Waals surface area contributed by atoms with Gasteiger partial charge in [0.05, 0.1) is 25.7 Å². The molecule has 0 saturated carbocycles. The van der Waals surface area contributed by atoms with E-state index in [0.29, 0.717) is 26.4 Å². The molecular formula is C22H36IN3O4.